The quantitative estimate of drug-likeness (QED) is 0.316. The Hall–Kier alpha value is -1.38. The minimum Gasteiger partial charge on any atom is -0.550 e. The molecule has 37 heavy (non-hydrogen) atoms. The van der Waals surface area contributed by atoms with Crippen LogP contribution in [0.3, 0.4) is 0 Å². The van der Waals surface area contributed by atoms with Gasteiger partial charge in [-0.2, -0.15) is 0 Å². The molecule has 4 rings (SSSR count). The predicted molar refractivity (Wildman–Crippen MR) is 149 cm³/mol. The Morgan fingerprint density at radius 3 is 2.22 bits per heavy atom. The molecular formula is C34H52FO2-. The molecule has 0 spiro atoms. The fraction of sp³-hybridized carbons (Fsp3) is 0.794. The Bertz CT molecular complexity index is 851. The van der Waals surface area contributed by atoms with Crippen molar-refractivity contribution in [3.63, 3.8) is 0 Å². The highest BCUT2D eigenvalue weighted by atomic mass is 19.1. The average molecular weight is 512 g/mol. The second-order valence-corrected chi connectivity index (χ2v) is 13.1. The fourth-order valence-electron chi connectivity index (χ4n) is 8.76. The van der Waals surface area contributed by atoms with E-state index in [4.69, 9.17) is 0 Å². The molecule has 2 nitrogen and oxygen atoms in total. The average Bonchev–Trinajstić information content (AvgIpc) is 2.92. The minimum absolute atomic E-state index is 0.114. The lowest BCUT2D eigenvalue weighted by Gasteiger charge is -2.51. The van der Waals surface area contributed by atoms with E-state index in [2.05, 4.69) is 45.0 Å². The summed E-state index contributed by atoms with van der Waals surface area (Å²) in [6.07, 6.45) is 16.5. The zero-order chi connectivity index (χ0) is 26.4. The number of aliphatic carboxylic acids is 1. The zero-order valence-electron chi connectivity index (χ0n) is 23.9. The summed E-state index contributed by atoms with van der Waals surface area (Å²) in [4.78, 5) is 11.7. The molecule has 4 unspecified atom stereocenters. The molecule has 0 amide bonds. The van der Waals surface area contributed by atoms with Crippen molar-refractivity contribution in [2.24, 2.45) is 29.6 Å². The van der Waals surface area contributed by atoms with Crippen LogP contribution in [-0.4, -0.2) is 12.1 Å². The molecule has 4 atom stereocenters. The molecule has 0 N–H and O–H groups in total. The third-order valence-electron chi connectivity index (χ3n) is 11.1. The van der Waals surface area contributed by atoms with Crippen molar-refractivity contribution in [3.8, 4) is 0 Å². The van der Waals surface area contributed by atoms with E-state index in [0.717, 1.165) is 24.7 Å². The van der Waals surface area contributed by atoms with E-state index in [1.165, 1.54) is 81.8 Å². The monoisotopic (exact) mass is 511 g/mol. The van der Waals surface area contributed by atoms with Crippen molar-refractivity contribution in [1.29, 1.82) is 0 Å². The summed E-state index contributed by atoms with van der Waals surface area (Å²) in [5, 5.41) is 11.7. The van der Waals surface area contributed by atoms with E-state index in [-0.39, 0.29) is 6.42 Å². The van der Waals surface area contributed by atoms with Gasteiger partial charge in [0.25, 0.3) is 0 Å². The lowest BCUT2D eigenvalue weighted by molar-refractivity contribution is -0.313. The molecule has 1 aromatic carbocycles. The normalized spacial score (nSPS) is 35.7. The molecule has 3 aliphatic rings. The van der Waals surface area contributed by atoms with Gasteiger partial charge in [-0.25, -0.2) is 4.39 Å². The molecule has 0 aromatic heterocycles. The first-order valence-corrected chi connectivity index (χ1v) is 15.8. The Kier molecular flexibility index (Phi) is 10.1. The van der Waals surface area contributed by atoms with E-state index < -0.39 is 23.5 Å². The van der Waals surface area contributed by atoms with E-state index in [1.807, 2.05) is 0 Å². The number of halogens is 1. The molecule has 0 aliphatic heterocycles. The van der Waals surface area contributed by atoms with E-state index in [1.54, 1.807) is 0 Å². The maximum absolute atomic E-state index is 16.6. The summed E-state index contributed by atoms with van der Waals surface area (Å²) in [6, 6.07) is 8.76. The van der Waals surface area contributed by atoms with Gasteiger partial charge in [-0.3, -0.25) is 0 Å². The van der Waals surface area contributed by atoms with Gasteiger partial charge in [0, 0.05) is 17.3 Å². The van der Waals surface area contributed by atoms with E-state index in [9.17, 15) is 9.90 Å². The number of alkyl halides is 1. The van der Waals surface area contributed by atoms with Crippen molar-refractivity contribution < 1.29 is 14.3 Å². The Morgan fingerprint density at radius 2 is 1.59 bits per heavy atom. The maximum Gasteiger partial charge on any atom is 0.111 e. The number of rotatable bonds is 10. The number of unbranched alkanes of at least 4 members (excludes halogenated alkanes) is 1. The predicted octanol–water partition coefficient (Wildman–Crippen LogP) is 8.52. The van der Waals surface area contributed by atoms with Crippen LogP contribution in [0.25, 0.3) is 0 Å². The fourth-order valence-corrected chi connectivity index (χ4v) is 8.76. The summed E-state index contributed by atoms with van der Waals surface area (Å²) in [5.74, 6) is 1.33. The second kappa shape index (κ2) is 13.1. The van der Waals surface area contributed by atoms with Crippen LogP contribution in [0, 0.1) is 29.6 Å². The number of carbonyl (C=O) groups excluding carboxylic acids is 1. The summed E-state index contributed by atoms with van der Waals surface area (Å²) < 4.78 is 16.6. The van der Waals surface area contributed by atoms with Gasteiger partial charge in [0.15, 0.2) is 0 Å². The third-order valence-corrected chi connectivity index (χ3v) is 11.1. The van der Waals surface area contributed by atoms with Gasteiger partial charge in [-0.15, -0.1) is 0 Å². The number of hydrogen-bond acceptors (Lipinski definition) is 2. The van der Waals surface area contributed by atoms with Crippen LogP contribution in [0.4, 0.5) is 4.39 Å². The largest absolute Gasteiger partial charge is 0.550 e. The minimum atomic E-state index is -1.12. The zero-order valence-corrected chi connectivity index (χ0v) is 23.9. The number of carboxylic acid groups (broad SMARTS) is 1. The van der Waals surface area contributed by atoms with Gasteiger partial charge in [-0.1, -0.05) is 103 Å². The molecule has 3 fully saturated rings. The topological polar surface area (TPSA) is 40.1 Å². The smallest absolute Gasteiger partial charge is 0.111 e. The van der Waals surface area contributed by atoms with Crippen molar-refractivity contribution in [2.75, 3.05) is 0 Å². The molecular weight excluding hydrogens is 459 g/mol. The summed E-state index contributed by atoms with van der Waals surface area (Å²) in [7, 11) is 0. The number of hydrogen-bond donors (Lipinski definition) is 0. The van der Waals surface area contributed by atoms with Crippen LogP contribution in [0.5, 0.6) is 0 Å². The van der Waals surface area contributed by atoms with Gasteiger partial charge in [0.2, 0.25) is 0 Å². The van der Waals surface area contributed by atoms with Crippen molar-refractivity contribution in [1.82, 2.24) is 0 Å². The lowest BCUT2D eigenvalue weighted by Crippen LogP contribution is -2.52. The standard InChI is InChI=1S/C34H53FO2/c1-4-6-10-26-13-17-27(18-14-26)24(3)30-11-7-8-12-31(30)34(22-21-28(33(36)37)23-32(34)35)29-19-15-25(9-5-2)16-20-29/h7-8,11-12,24-29,32H,4-6,9-10,13-23H2,1-3H3,(H,36,37)/p-1. The lowest BCUT2D eigenvalue weighted by atomic mass is 9.54. The van der Waals surface area contributed by atoms with Gasteiger partial charge in [0.1, 0.15) is 6.17 Å². The van der Waals surface area contributed by atoms with Gasteiger partial charge in [0.05, 0.1) is 0 Å². The van der Waals surface area contributed by atoms with Crippen LogP contribution < -0.4 is 5.11 Å². The van der Waals surface area contributed by atoms with Crippen molar-refractivity contribution in [2.45, 2.75) is 141 Å². The van der Waals surface area contributed by atoms with Gasteiger partial charge < -0.3 is 9.90 Å². The van der Waals surface area contributed by atoms with E-state index in [0.29, 0.717) is 30.6 Å². The van der Waals surface area contributed by atoms with Gasteiger partial charge in [-0.05, 0) is 85.7 Å². The van der Waals surface area contributed by atoms with Gasteiger partial charge >= 0.3 is 0 Å². The molecule has 3 heteroatoms. The first-order chi connectivity index (χ1) is 17.9. The molecule has 0 heterocycles. The Balaban J connectivity index is 1.61. The highest BCUT2D eigenvalue weighted by Crippen LogP contribution is 2.55. The van der Waals surface area contributed by atoms with Crippen LogP contribution >= 0.6 is 0 Å². The third kappa shape index (κ3) is 6.27. The van der Waals surface area contributed by atoms with Crippen molar-refractivity contribution >= 4 is 5.97 Å². The van der Waals surface area contributed by atoms with E-state index >= 15 is 4.39 Å². The first-order valence-electron chi connectivity index (χ1n) is 15.8. The summed E-state index contributed by atoms with van der Waals surface area (Å²) in [5.41, 5.74) is 2.02. The Morgan fingerprint density at radius 1 is 0.946 bits per heavy atom. The number of benzene rings is 1. The highest BCUT2D eigenvalue weighted by Gasteiger charge is 2.52. The molecule has 1 aromatic rings. The molecule has 0 bridgehead atoms. The number of carboxylic acids is 1. The van der Waals surface area contributed by atoms with Crippen LogP contribution in [-0.2, 0) is 10.2 Å². The number of carbonyl (C=O) groups is 1. The molecule has 0 saturated heterocycles. The maximum atomic E-state index is 16.6. The molecule has 3 aliphatic carbocycles. The van der Waals surface area contributed by atoms with Crippen LogP contribution in [0.1, 0.15) is 141 Å². The molecule has 208 valence electrons. The van der Waals surface area contributed by atoms with Crippen LogP contribution in [0.15, 0.2) is 24.3 Å². The summed E-state index contributed by atoms with van der Waals surface area (Å²) in [6.45, 7) is 6.94. The first kappa shape index (κ1) is 28.6. The molecule has 0 radical (unpaired) electrons. The van der Waals surface area contributed by atoms with Crippen LogP contribution in [0.2, 0.25) is 0 Å². The highest BCUT2D eigenvalue weighted by molar-refractivity contribution is 5.68. The second-order valence-electron chi connectivity index (χ2n) is 13.1. The SMILES string of the molecule is CCCCC1CCC(C(C)c2ccccc2C2(C3CCC(CCC)CC3)CCC(C(=O)[O-])CC2F)CC1. The summed E-state index contributed by atoms with van der Waals surface area (Å²) >= 11 is 0. The Labute approximate surface area is 226 Å². The molecule has 3 saturated carbocycles. The van der Waals surface area contributed by atoms with Crippen molar-refractivity contribution in [3.05, 3.63) is 35.4 Å².